The predicted octanol–water partition coefficient (Wildman–Crippen LogP) is 5.51. The standard InChI is InChI=1S/C21H24O4Si2/c1-26(2,3)25-27(22-19-13-7-4-8-14-19,23-20-15-9-5-10-16-20)24-21-17-11-6-12-18-21/h4-18H,1-3H3. The fourth-order valence-corrected chi connectivity index (χ4v) is 7.30. The molecule has 0 fully saturated rings. The van der Waals surface area contributed by atoms with E-state index in [0.717, 1.165) is 0 Å². The second-order valence-electron chi connectivity index (χ2n) is 6.96. The van der Waals surface area contributed by atoms with Gasteiger partial charge in [0.25, 0.3) is 0 Å². The third-order valence-corrected chi connectivity index (χ3v) is 8.30. The number of hydrogen-bond acceptors (Lipinski definition) is 4. The highest BCUT2D eigenvalue weighted by molar-refractivity contribution is 6.78. The first-order valence-corrected chi connectivity index (χ1v) is 13.9. The van der Waals surface area contributed by atoms with Crippen molar-refractivity contribution in [2.75, 3.05) is 0 Å². The minimum Gasteiger partial charge on any atom is -0.462 e. The Bertz CT molecular complexity index is 720. The first-order valence-electron chi connectivity index (χ1n) is 8.87. The molecule has 0 aliphatic heterocycles. The lowest BCUT2D eigenvalue weighted by Crippen LogP contribution is -2.62. The maximum Gasteiger partial charge on any atom is 0.882 e. The Kier molecular flexibility index (Phi) is 6.00. The van der Waals surface area contributed by atoms with Crippen LogP contribution in [0.3, 0.4) is 0 Å². The fraction of sp³-hybridized carbons (Fsp3) is 0.143. The summed E-state index contributed by atoms with van der Waals surface area (Å²) in [5.74, 6) is 1.94. The van der Waals surface area contributed by atoms with E-state index < -0.39 is 17.4 Å². The summed E-state index contributed by atoms with van der Waals surface area (Å²) >= 11 is 0. The summed E-state index contributed by atoms with van der Waals surface area (Å²) in [6, 6.07) is 28.5. The molecule has 0 aliphatic rings. The summed E-state index contributed by atoms with van der Waals surface area (Å²) in [4.78, 5) is 0. The highest BCUT2D eigenvalue weighted by atomic mass is 28.5. The van der Waals surface area contributed by atoms with Crippen molar-refractivity contribution in [2.24, 2.45) is 0 Å². The molecule has 0 radical (unpaired) electrons. The van der Waals surface area contributed by atoms with E-state index in [9.17, 15) is 0 Å². The molecule has 3 rings (SSSR count). The molecule has 0 saturated heterocycles. The third-order valence-electron chi connectivity index (χ3n) is 3.39. The average Bonchev–Trinajstić information content (AvgIpc) is 2.62. The summed E-state index contributed by atoms with van der Waals surface area (Å²) in [6.07, 6.45) is 0. The Balaban J connectivity index is 2.01. The zero-order valence-corrected chi connectivity index (χ0v) is 17.8. The summed E-state index contributed by atoms with van der Waals surface area (Å²) in [7, 11) is -5.66. The molecular formula is C21H24O4Si2. The molecule has 3 aromatic rings. The van der Waals surface area contributed by atoms with Gasteiger partial charge in [0.2, 0.25) is 0 Å². The van der Waals surface area contributed by atoms with Crippen LogP contribution in [-0.4, -0.2) is 17.4 Å². The Morgan fingerprint density at radius 1 is 0.481 bits per heavy atom. The molecule has 0 saturated carbocycles. The molecule has 0 aliphatic carbocycles. The normalized spacial score (nSPS) is 11.7. The Labute approximate surface area is 162 Å². The Hall–Kier alpha value is -2.55. The monoisotopic (exact) mass is 396 g/mol. The zero-order valence-electron chi connectivity index (χ0n) is 15.8. The van der Waals surface area contributed by atoms with Crippen molar-refractivity contribution in [3.05, 3.63) is 91.0 Å². The molecule has 140 valence electrons. The van der Waals surface area contributed by atoms with Gasteiger partial charge < -0.3 is 17.4 Å². The molecule has 0 heterocycles. The van der Waals surface area contributed by atoms with Crippen molar-refractivity contribution in [3.8, 4) is 17.2 Å². The molecule has 0 aromatic heterocycles. The minimum atomic E-state index is -3.59. The van der Waals surface area contributed by atoms with Crippen LogP contribution in [0.25, 0.3) is 0 Å². The van der Waals surface area contributed by atoms with Crippen LogP contribution in [0.4, 0.5) is 0 Å². The van der Waals surface area contributed by atoms with E-state index in [1.54, 1.807) is 0 Å². The lowest BCUT2D eigenvalue weighted by Gasteiger charge is -2.33. The topological polar surface area (TPSA) is 36.9 Å². The van der Waals surface area contributed by atoms with E-state index in [1.807, 2.05) is 91.0 Å². The molecule has 6 heteroatoms. The molecule has 0 bridgehead atoms. The summed E-state index contributed by atoms with van der Waals surface area (Å²) in [5, 5.41) is 0. The van der Waals surface area contributed by atoms with Gasteiger partial charge in [-0.05, 0) is 56.0 Å². The van der Waals surface area contributed by atoms with Crippen molar-refractivity contribution in [1.82, 2.24) is 0 Å². The van der Waals surface area contributed by atoms with Gasteiger partial charge in [0.15, 0.2) is 8.32 Å². The van der Waals surface area contributed by atoms with Crippen molar-refractivity contribution >= 4 is 17.4 Å². The van der Waals surface area contributed by atoms with Crippen molar-refractivity contribution in [1.29, 1.82) is 0 Å². The van der Waals surface area contributed by atoms with Crippen LogP contribution in [0.2, 0.25) is 19.6 Å². The van der Waals surface area contributed by atoms with Gasteiger partial charge in [-0.1, -0.05) is 54.6 Å². The van der Waals surface area contributed by atoms with Crippen molar-refractivity contribution in [3.63, 3.8) is 0 Å². The van der Waals surface area contributed by atoms with Crippen LogP contribution in [0.1, 0.15) is 0 Å². The fourth-order valence-electron chi connectivity index (χ4n) is 2.40. The number of para-hydroxylation sites is 3. The van der Waals surface area contributed by atoms with Gasteiger partial charge in [-0.3, -0.25) is 0 Å². The molecule has 3 aromatic carbocycles. The molecule has 0 spiro atoms. The van der Waals surface area contributed by atoms with Crippen LogP contribution >= 0.6 is 0 Å². The largest absolute Gasteiger partial charge is 0.882 e. The summed E-state index contributed by atoms with van der Waals surface area (Å²) in [5.41, 5.74) is 0. The zero-order chi connectivity index (χ0) is 19.2. The second kappa shape index (κ2) is 8.43. The Morgan fingerprint density at radius 2 is 0.778 bits per heavy atom. The first kappa shape index (κ1) is 19.2. The van der Waals surface area contributed by atoms with E-state index in [2.05, 4.69) is 19.6 Å². The summed E-state index contributed by atoms with van der Waals surface area (Å²) in [6.45, 7) is 6.27. The van der Waals surface area contributed by atoms with E-state index in [-0.39, 0.29) is 0 Å². The van der Waals surface area contributed by atoms with E-state index in [4.69, 9.17) is 17.4 Å². The minimum absolute atomic E-state index is 0.647. The molecule has 0 atom stereocenters. The lowest BCUT2D eigenvalue weighted by atomic mass is 10.3. The molecule has 0 N–H and O–H groups in total. The van der Waals surface area contributed by atoms with E-state index >= 15 is 0 Å². The van der Waals surface area contributed by atoms with Gasteiger partial charge in [-0.25, -0.2) is 0 Å². The highest BCUT2D eigenvalue weighted by Crippen LogP contribution is 2.27. The van der Waals surface area contributed by atoms with Gasteiger partial charge >= 0.3 is 9.05 Å². The van der Waals surface area contributed by atoms with Crippen LogP contribution < -0.4 is 13.3 Å². The maximum atomic E-state index is 6.45. The van der Waals surface area contributed by atoms with Crippen molar-refractivity contribution in [2.45, 2.75) is 19.6 Å². The van der Waals surface area contributed by atoms with Gasteiger partial charge in [0, 0.05) is 0 Å². The van der Waals surface area contributed by atoms with Gasteiger partial charge in [0.05, 0.1) is 0 Å². The molecule has 0 unspecified atom stereocenters. The number of hydrogen-bond donors (Lipinski definition) is 0. The van der Waals surface area contributed by atoms with E-state index in [0.29, 0.717) is 17.2 Å². The second-order valence-corrected chi connectivity index (χ2v) is 13.6. The number of benzene rings is 3. The van der Waals surface area contributed by atoms with Gasteiger partial charge in [0.1, 0.15) is 17.2 Å². The molecule has 0 amide bonds. The van der Waals surface area contributed by atoms with Crippen LogP contribution in [-0.2, 0) is 4.12 Å². The molecule has 4 nitrogen and oxygen atoms in total. The van der Waals surface area contributed by atoms with E-state index in [1.165, 1.54) is 0 Å². The predicted molar refractivity (Wildman–Crippen MR) is 111 cm³/mol. The summed E-state index contributed by atoms with van der Waals surface area (Å²) < 4.78 is 25.3. The maximum absolute atomic E-state index is 6.45. The van der Waals surface area contributed by atoms with Crippen LogP contribution in [0, 0.1) is 0 Å². The smallest absolute Gasteiger partial charge is 0.462 e. The third kappa shape index (κ3) is 5.99. The van der Waals surface area contributed by atoms with Gasteiger partial charge in [-0.15, -0.1) is 0 Å². The SMILES string of the molecule is C[Si](C)(C)O[Si](Oc1ccccc1)(Oc1ccccc1)Oc1ccccc1. The Morgan fingerprint density at radius 3 is 1.04 bits per heavy atom. The highest BCUT2D eigenvalue weighted by Gasteiger charge is 2.57. The quantitative estimate of drug-likeness (QED) is 0.470. The molecular weight excluding hydrogens is 372 g/mol. The average molecular weight is 397 g/mol. The first-order chi connectivity index (χ1) is 12.9. The lowest BCUT2D eigenvalue weighted by molar-refractivity contribution is 0.158. The number of rotatable bonds is 8. The van der Waals surface area contributed by atoms with Crippen LogP contribution in [0.5, 0.6) is 17.2 Å². The van der Waals surface area contributed by atoms with Crippen molar-refractivity contribution < 1.29 is 17.4 Å². The van der Waals surface area contributed by atoms with Gasteiger partial charge in [-0.2, -0.15) is 0 Å². The van der Waals surface area contributed by atoms with Crippen LogP contribution in [0.15, 0.2) is 91.0 Å². The molecule has 27 heavy (non-hydrogen) atoms.